The summed E-state index contributed by atoms with van der Waals surface area (Å²) in [5, 5.41) is 2.40. The Hall–Kier alpha value is -2.98. The summed E-state index contributed by atoms with van der Waals surface area (Å²) >= 11 is 1.35. The summed E-state index contributed by atoms with van der Waals surface area (Å²) in [5.74, 6) is -0.372. The number of sulfone groups is 1. The van der Waals surface area contributed by atoms with E-state index in [9.17, 15) is 18.0 Å². The monoisotopic (exact) mass is 405 g/mol. The maximum absolute atomic E-state index is 12.0. The van der Waals surface area contributed by atoms with E-state index in [1.807, 2.05) is 0 Å². The van der Waals surface area contributed by atoms with E-state index in [1.54, 1.807) is 23.8 Å². The molecule has 0 saturated carbocycles. The van der Waals surface area contributed by atoms with Gasteiger partial charge in [0.2, 0.25) is 5.91 Å². The summed E-state index contributed by atoms with van der Waals surface area (Å²) < 4.78 is 28.1. The van der Waals surface area contributed by atoms with E-state index in [1.165, 1.54) is 35.6 Å². The van der Waals surface area contributed by atoms with E-state index in [0.29, 0.717) is 16.5 Å². The fourth-order valence-electron chi connectivity index (χ4n) is 2.16. The van der Waals surface area contributed by atoms with Crippen molar-refractivity contribution in [1.82, 2.24) is 15.8 Å². The molecule has 0 aliphatic rings. The molecule has 0 unspecified atom stereocenters. The number of carbonyl (C=O) groups is 2. The van der Waals surface area contributed by atoms with Gasteiger partial charge in [-0.1, -0.05) is 0 Å². The van der Waals surface area contributed by atoms with Crippen LogP contribution in [0.1, 0.15) is 16.1 Å². The van der Waals surface area contributed by atoms with Gasteiger partial charge in [0, 0.05) is 17.2 Å². The minimum atomic E-state index is -3.33. The molecule has 2 heterocycles. The number of thiazole rings is 1. The third kappa shape index (κ3) is 4.80. The van der Waals surface area contributed by atoms with Crippen molar-refractivity contribution < 1.29 is 22.4 Å². The maximum Gasteiger partial charge on any atom is 0.269 e. The second kappa shape index (κ2) is 7.72. The molecule has 140 valence electrons. The van der Waals surface area contributed by atoms with Crippen molar-refractivity contribution >= 4 is 33.0 Å². The van der Waals surface area contributed by atoms with Crippen LogP contribution in [-0.4, -0.2) is 31.5 Å². The SMILES string of the molecule is CS(=O)(=O)c1ccc(C(=O)NNC(=O)Cc2csc(-c3ccco3)n2)cc1. The standard InChI is InChI=1S/C17H15N3O5S2/c1-27(23,24)13-6-4-11(5-7-13)16(22)20-19-15(21)9-12-10-26-17(18-12)14-3-2-8-25-14/h2-8,10H,9H2,1H3,(H,19,21)(H,20,22). The Kier molecular flexibility index (Phi) is 5.38. The van der Waals surface area contributed by atoms with Crippen molar-refractivity contribution in [3.63, 3.8) is 0 Å². The molecule has 3 rings (SSSR count). The number of hydrogen-bond donors (Lipinski definition) is 2. The predicted octanol–water partition coefficient (Wildman–Crippen LogP) is 1.81. The van der Waals surface area contributed by atoms with Crippen molar-refractivity contribution in [2.75, 3.05) is 6.26 Å². The highest BCUT2D eigenvalue weighted by molar-refractivity contribution is 7.90. The average molecular weight is 405 g/mol. The van der Waals surface area contributed by atoms with E-state index < -0.39 is 21.7 Å². The minimum Gasteiger partial charge on any atom is -0.462 e. The number of amides is 2. The normalized spacial score (nSPS) is 11.1. The number of nitrogens with one attached hydrogen (secondary N) is 2. The summed E-state index contributed by atoms with van der Waals surface area (Å²) in [5.41, 5.74) is 5.35. The minimum absolute atomic E-state index is 0.00942. The molecule has 0 saturated heterocycles. The Bertz CT molecular complexity index is 1050. The summed E-state index contributed by atoms with van der Waals surface area (Å²) in [6.45, 7) is 0. The quantitative estimate of drug-likeness (QED) is 0.625. The molecule has 27 heavy (non-hydrogen) atoms. The summed E-state index contributed by atoms with van der Waals surface area (Å²) in [4.78, 5) is 28.4. The Morgan fingerprint density at radius 2 is 1.89 bits per heavy atom. The van der Waals surface area contributed by atoms with E-state index in [2.05, 4.69) is 15.8 Å². The number of furan rings is 1. The van der Waals surface area contributed by atoms with Gasteiger partial charge >= 0.3 is 0 Å². The van der Waals surface area contributed by atoms with Gasteiger partial charge in [0.15, 0.2) is 20.6 Å². The Morgan fingerprint density at radius 1 is 1.15 bits per heavy atom. The lowest BCUT2D eigenvalue weighted by molar-refractivity contribution is -0.121. The molecule has 2 N–H and O–H groups in total. The molecule has 2 amide bonds. The highest BCUT2D eigenvalue weighted by Gasteiger charge is 2.13. The van der Waals surface area contributed by atoms with E-state index in [4.69, 9.17) is 4.42 Å². The van der Waals surface area contributed by atoms with Crippen LogP contribution in [0.15, 0.2) is 57.4 Å². The number of carbonyl (C=O) groups excluding carboxylic acids is 2. The molecule has 0 bridgehead atoms. The van der Waals surface area contributed by atoms with Gasteiger partial charge in [0.05, 0.1) is 23.3 Å². The number of rotatable bonds is 5. The Labute approximate surface area is 159 Å². The molecule has 2 aromatic heterocycles. The lowest BCUT2D eigenvalue weighted by Crippen LogP contribution is -2.42. The molecule has 0 radical (unpaired) electrons. The van der Waals surface area contributed by atoms with E-state index >= 15 is 0 Å². The van der Waals surface area contributed by atoms with Gasteiger partial charge in [-0.15, -0.1) is 11.3 Å². The largest absolute Gasteiger partial charge is 0.462 e. The first kappa shape index (κ1) is 18.8. The molecule has 0 fully saturated rings. The zero-order chi connectivity index (χ0) is 19.4. The number of nitrogens with zero attached hydrogens (tertiary/aromatic N) is 1. The second-order valence-electron chi connectivity index (χ2n) is 5.60. The van der Waals surface area contributed by atoms with Crippen molar-refractivity contribution in [3.8, 4) is 10.8 Å². The molecule has 3 aromatic rings. The van der Waals surface area contributed by atoms with Crippen molar-refractivity contribution in [2.24, 2.45) is 0 Å². The van der Waals surface area contributed by atoms with E-state index in [-0.39, 0.29) is 16.9 Å². The fraction of sp³-hybridized carbons (Fsp3) is 0.118. The van der Waals surface area contributed by atoms with Crippen LogP contribution in [-0.2, 0) is 21.1 Å². The molecular formula is C17H15N3O5S2. The third-order valence-electron chi connectivity index (χ3n) is 3.49. The smallest absolute Gasteiger partial charge is 0.269 e. The molecule has 0 atom stereocenters. The van der Waals surface area contributed by atoms with Crippen molar-refractivity contribution in [3.05, 3.63) is 59.3 Å². The van der Waals surface area contributed by atoms with Gasteiger partial charge in [-0.25, -0.2) is 13.4 Å². The van der Waals surface area contributed by atoms with Gasteiger partial charge in [-0.2, -0.15) is 0 Å². The van der Waals surface area contributed by atoms with Gasteiger partial charge in [-0.05, 0) is 36.4 Å². The zero-order valence-corrected chi connectivity index (χ0v) is 15.8. The van der Waals surface area contributed by atoms with Gasteiger partial charge < -0.3 is 4.42 Å². The number of hydrogen-bond acceptors (Lipinski definition) is 7. The number of aromatic nitrogens is 1. The lowest BCUT2D eigenvalue weighted by atomic mass is 10.2. The topological polar surface area (TPSA) is 118 Å². The first-order chi connectivity index (χ1) is 12.8. The van der Waals surface area contributed by atoms with Gasteiger partial charge in [-0.3, -0.25) is 20.4 Å². The molecular weight excluding hydrogens is 390 g/mol. The van der Waals surface area contributed by atoms with Gasteiger partial charge in [0.1, 0.15) is 0 Å². The van der Waals surface area contributed by atoms with Crippen molar-refractivity contribution in [2.45, 2.75) is 11.3 Å². The second-order valence-corrected chi connectivity index (χ2v) is 8.47. The fourth-order valence-corrected chi connectivity index (χ4v) is 3.58. The van der Waals surface area contributed by atoms with Crippen LogP contribution in [0.25, 0.3) is 10.8 Å². The highest BCUT2D eigenvalue weighted by Crippen LogP contribution is 2.24. The summed E-state index contributed by atoms with van der Waals surface area (Å²) in [6, 6.07) is 8.93. The molecule has 1 aromatic carbocycles. The van der Waals surface area contributed by atoms with Gasteiger partial charge in [0.25, 0.3) is 5.91 Å². The molecule has 0 aliphatic heterocycles. The summed E-state index contributed by atoms with van der Waals surface area (Å²) in [7, 11) is -3.33. The zero-order valence-electron chi connectivity index (χ0n) is 14.1. The van der Waals surface area contributed by atoms with Crippen LogP contribution in [0.4, 0.5) is 0 Å². The Balaban J connectivity index is 1.54. The molecule has 8 nitrogen and oxygen atoms in total. The van der Waals surface area contributed by atoms with Crippen molar-refractivity contribution in [1.29, 1.82) is 0 Å². The molecule has 0 spiro atoms. The average Bonchev–Trinajstić information content (AvgIpc) is 3.30. The predicted molar refractivity (Wildman–Crippen MR) is 98.7 cm³/mol. The summed E-state index contributed by atoms with van der Waals surface area (Å²) in [6.07, 6.45) is 2.61. The van der Waals surface area contributed by atoms with Crippen LogP contribution in [0.2, 0.25) is 0 Å². The first-order valence-electron chi connectivity index (χ1n) is 7.70. The van der Waals surface area contributed by atoms with Crippen LogP contribution in [0, 0.1) is 0 Å². The third-order valence-corrected chi connectivity index (χ3v) is 5.52. The molecule has 0 aliphatic carbocycles. The van der Waals surface area contributed by atoms with Crippen LogP contribution >= 0.6 is 11.3 Å². The number of benzene rings is 1. The van der Waals surface area contributed by atoms with Crippen LogP contribution < -0.4 is 10.9 Å². The van der Waals surface area contributed by atoms with Crippen LogP contribution in [0.5, 0.6) is 0 Å². The lowest BCUT2D eigenvalue weighted by Gasteiger charge is -2.07. The maximum atomic E-state index is 12.0. The first-order valence-corrected chi connectivity index (χ1v) is 10.5. The Morgan fingerprint density at radius 3 is 2.52 bits per heavy atom. The van der Waals surface area contributed by atoms with Crippen LogP contribution in [0.3, 0.4) is 0 Å². The van der Waals surface area contributed by atoms with E-state index in [0.717, 1.165) is 6.26 Å². The highest BCUT2D eigenvalue weighted by atomic mass is 32.2. The number of hydrazine groups is 1. The molecule has 10 heteroatoms.